The van der Waals surface area contributed by atoms with Gasteiger partial charge in [0.1, 0.15) is 16.4 Å². The minimum absolute atomic E-state index is 0.132. The van der Waals surface area contributed by atoms with Gasteiger partial charge in [0.25, 0.3) is 5.91 Å². The van der Waals surface area contributed by atoms with Crippen LogP contribution < -0.4 is 14.5 Å². The normalized spacial score (nSPS) is 18.4. The SMILES string of the molecule is COc1ccc2c(c1)N(C)C(=C1SC(=Nc3ccc4ncccc4c3)N(c3ccc(O)cc3)C1=O)S2. The molecule has 6 rings (SSSR count). The molecule has 0 saturated carbocycles. The number of carbonyl (C=O) groups excluding carboxylic acids is 1. The van der Waals surface area contributed by atoms with E-state index in [1.54, 1.807) is 54.2 Å². The number of anilines is 2. The summed E-state index contributed by atoms with van der Waals surface area (Å²) >= 11 is 2.89. The van der Waals surface area contributed by atoms with E-state index >= 15 is 0 Å². The fraction of sp³-hybridized carbons (Fsp3) is 0.0741. The van der Waals surface area contributed by atoms with Gasteiger partial charge in [0.05, 0.1) is 34.7 Å². The number of hydrogen-bond donors (Lipinski definition) is 1. The molecule has 36 heavy (non-hydrogen) atoms. The molecule has 3 aromatic carbocycles. The maximum Gasteiger partial charge on any atom is 0.274 e. The smallest absolute Gasteiger partial charge is 0.274 e. The van der Waals surface area contributed by atoms with Crippen LogP contribution in [0.1, 0.15) is 0 Å². The summed E-state index contributed by atoms with van der Waals surface area (Å²) in [6.45, 7) is 0. The van der Waals surface area contributed by atoms with Crippen molar-refractivity contribution >= 4 is 62.6 Å². The van der Waals surface area contributed by atoms with Gasteiger partial charge < -0.3 is 14.7 Å². The number of phenols is 1. The first kappa shape index (κ1) is 22.5. The van der Waals surface area contributed by atoms with Crippen LogP contribution in [0, 0.1) is 0 Å². The first-order valence-electron chi connectivity index (χ1n) is 11.1. The van der Waals surface area contributed by atoms with E-state index in [1.807, 2.05) is 60.5 Å². The summed E-state index contributed by atoms with van der Waals surface area (Å²) in [5, 5.41) is 12.1. The fourth-order valence-electron chi connectivity index (χ4n) is 4.10. The number of aromatic nitrogens is 1. The van der Waals surface area contributed by atoms with Gasteiger partial charge >= 0.3 is 0 Å². The maximum atomic E-state index is 13.8. The first-order valence-corrected chi connectivity index (χ1v) is 12.7. The van der Waals surface area contributed by atoms with Crippen LogP contribution >= 0.6 is 23.5 Å². The summed E-state index contributed by atoms with van der Waals surface area (Å²) < 4.78 is 5.39. The summed E-state index contributed by atoms with van der Waals surface area (Å²) in [5.41, 5.74) is 3.22. The number of fused-ring (bicyclic) bond motifs is 2. The van der Waals surface area contributed by atoms with Crippen molar-refractivity contribution in [2.24, 2.45) is 4.99 Å². The molecular formula is C27H20N4O3S2. The molecule has 1 amide bonds. The molecule has 1 aromatic heterocycles. The average molecular weight is 513 g/mol. The van der Waals surface area contributed by atoms with Crippen LogP contribution in [0.3, 0.4) is 0 Å². The molecule has 9 heteroatoms. The molecule has 2 aliphatic rings. The van der Waals surface area contributed by atoms with Crippen LogP contribution in [0.15, 0.2) is 98.8 Å². The Labute approximate surface area is 216 Å². The average Bonchev–Trinajstić information content (AvgIpc) is 3.40. The molecule has 1 fully saturated rings. The number of rotatable bonds is 3. The van der Waals surface area contributed by atoms with E-state index in [2.05, 4.69) is 4.98 Å². The van der Waals surface area contributed by atoms with Gasteiger partial charge in [-0.05, 0) is 72.4 Å². The lowest BCUT2D eigenvalue weighted by molar-refractivity contribution is -0.113. The third-order valence-corrected chi connectivity index (χ3v) is 8.33. The van der Waals surface area contributed by atoms with Crippen molar-refractivity contribution in [3.63, 3.8) is 0 Å². The van der Waals surface area contributed by atoms with Crippen molar-refractivity contribution < 1.29 is 14.6 Å². The van der Waals surface area contributed by atoms with Crippen LogP contribution in [0.2, 0.25) is 0 Å². The second kappa shape index (κ2) is 8.92. The minimum Gasteiger partial charge on any atom is -0.508 e. The molecule has 4 aromatic rings. The Bertz CT molecular complexity index is 1580. The molecule has 0 spiro atoms. The monoisotopic (exact) mass is 512 g/mol. The van der Waals surface area contributed by atoms with E-state index < -0.39 is 0 Å². The Morgan fingerprint density at radius 2 is 1.83 bits per heavy atom. The van der Waals surface area contributed by atoms with E-state index in [4.69, 9.17) is 9.73 Å². The molecule has 0 atom stereocenters. The zero-order valence-electron chi connectivity index (χ0n) is 19.4. The van der Waals surface area contributed by atoms with Crippen molar-refractivity contribution in [2.45, 2.75) is 4.90 Å². The molecule has 178 valence electrons. The predicted octanol–water partition coefficient (Wildman–Crippen LogP) is 6.13. The molecule has 7 nitrogen and oxygen atoms in total. The van der Waals surface area contributed by atoms with Gasteiger partial charge in [0.2, 0.25) is 0 Å². The van der Waals surface area contributed by atoms with Crippen LogP contribution in [0.25, 0.3) is 10.9 Å². The zero-order valence-corrected chi connectivity index (χ0v) is 21.0. The number of aromatic hydroxyl groups is 1. The quantitative estimate of drug-likeness (QED) is 0.331. The van der Waals surface area contributed by atoms with Crippen LogP contribution in [-0.4, -0.2) is 35.3 Å². The van der Waals surface area contributed by atoms with Crippen molar-refractivity contribution in [2.75, 3.05) is 24.0 Å². The molecule has 2 aliphatic heterocycles. The number of amides is 1. The molecule has 0 aliphatic carbocycles. The van der Waals surface area contributed by atoms with E-state index in [0.717, 1.165) is 38.0 Å². The number of amidine groups is 1. The second-order valence-corrected chi connectivity index (χ2v) is 10.2. The number of nitrogens with zero attached hydrogens (tertiary/aromatic N) is 4. The highest BCUT2D eigenvalue weighted by Crippen LogP contribution is 2.51. The number of hydrogen-bond acceptors (Lipinski definition) is 8. The molecular weight excluding hydrogens is 492 g/mol. The fourth-order valence-corrected chi connectivity index (χ4v) is 6.43. The van der Waals surface area contributed by atoms with Crippen LogP contribution in [0.4, 0.5) is 17.1 Å². The van der Waals surface area contributed by atoms with Gasteiger partial charge in [0.15, 0.2) is 5.17 Å². The van der Waals surface area contributed by atoms with Gasteiger partial charge in [-0.2, -0.15) is 0 Å². The highest BCUT2D eigenvalue weighted by molar-refractivity contribution is 8.20. The summed E-state index contributed by atoms with van der Waals surface area (Å²) in [7, 11) is 3.59. The van der Waals surface area contributed by atoms with Gasteiger partial charge in [-0.25, -0.2) is 4.99 Å². The van der Waals surface area contributed by atoms with Gasteiger partial charge in [0, 0.05) is 29.6 Å². The standard InChI is InChI=1S/C27H20N4O3S2/c1-30-22-15-20(34-2)10-12-23(22)35-26(30)24-25(33)31(18-6-8-19(32)9-7-18)27(36-24)29-17-5-11-21-16(14-17)4-3-13-28-21/h3-15,32H,1-2H3. The lowest BCUT2D eigenvalue weighted by Crippen LogP contribution is -2.29. The number of methoxy groups -OCH3 is 1. The molecule has 1 saturated heterocycles. The highest BCUT2D eigenvalue weighted by atomic mass is 32.2. The summed E-state index contributed by atoms with van der Waals surface area (Å²) in [6, 6.07) is 22.1. The molecule has 1 N–H and O–H groups in total. The van der Waals surface area contributed by atoms with E-state index in [9.17, 15) is 9.90 Å². The number of thioether (sulfide) groups is 2. The Morgan fingerprint density at radius 1 is 1.00 bits per heavy atom. The summed E-state index contributed by atoms with van der Waals surface area (Å²) in [5.74, 6) is 0.727. The molecule has 0 bridgehead atoms. The summed E-state index contributed by atoms with van der Waals surface area (Å²) in [6.07, 6.45) is 1.76. The number of benzene rings is 3. The molecule has 0 radical (unpaired) electrons. The molecule has 3 heterocycles. The van der Waals surface area contributed by atoms with Crippen molar-refractivity contribution in [3.8, 4) is 11.5 Å². The van der Waals surface area contributed by atoms with Crippen molar-refractivity contribution in [1.82, 2.24) is 4.98 Å². The second-order valence-electron chi connectivity index (χ2n) is 8.16. The highest BCUT2D eigenvalue weighted by Gasteiger charge is 2.40. The number of ether oxygens (including phenoxy) is 1. The summed E-state index contributed by atoms with van der Waals surface area (Å²) in [4.78, 5) is 28.3. The van der Waals surface area contributed by atoms with E-state index in [1.165, 1.54) is 11.8 Å². The number of pyridine rings is 1. The van der Waals surface area contributed by atoms with Crippen LogP contribution in [-0.2, 0) is 4.79 Å². The Morgan fingerprint density at radius 3 is 2.64 bits per heavy atom. The first-order chi connectivity index (χ1) is 17.5. The number of aliphatic imine (C=N–C) groups is 1. The minimum atomic E-state index is -0.166. The topological polar surface area (TPSA) is 78.3 Å². The van der Waals surface area contributed by atoms with Crippen molar-refractivity contribution in [1.29, 1.82) is 0 Å². The largest absolute Gasteiger partial charge is 0.508 e. The lowest BCUT2D eigenvalue weighted by Gasteiger charge is -2.17. The van der Waals surface area contributed by atoms with Gasteiger partial charge in [-0.1, -0.05) is 17.8 Å². The van der Waals surface area contributed by atoms with Crippen molar-refractivity contribution in [3.05, 3.63) is 88.9 Å². The van der Waals surface area contributed by atoms with Gasteiger partial charge in [-0.15, -0.1) is 0 Å². The number of phenolic OH excluding ortho intramolecular Hbond substituents is 1. The van der Waals surface area contributed by atoms with E-state index in [-0.39, 0.29) is 11.7 Å². The predicted molar refractivity (Wildman–Crippen MR) is 146 cm³/mol. The lowest BCUT2D eigenvalue weighted by atomic mass is 10.2. The third kappa shape index (κ3) is 3.86. The van der Waals surface area contributed by atoms with Gasteiger partial charge in [-0.3, -0.25) is 14.7 Å². The third-order valence-electron chi connectivity index (χ3n) is 5.93. The Kier molecular flexibility index (Phi) is 5.58. The number of carbonyl (C=O) groups is 1. The van der Waals surface area contributed by atoms with E-state index in [0.29, 0.717) is 15.8 Å². The zero-order chi connectivity index (χ0) is 24.8. The van der Waals surface area contributed by atoms with Crippen LogP contribution in [0.5, 0.6) is 11.5 Å². The molecule has 0 unspecified atom stereocenters. The Balaban J connectivity index is 1.45. The maximum absolute atomic E-state index is 13.8. The Hall–Kier alpha value is -3.95.